The molecule has 1 aliphatic heterocycles. The van der Waals surface area contributed by atoms with Crippen molar-refractivity contribution in [2.24, 2.45) is 0 Å². The van der Waals surface area contributed by atoms with Gasteiger partial charge in [0.2, 0.25) is 0 Å². The van der Waals surface area contributed by atoms with Crippen LogP contribution < -0.4 is 10.6 Å². The highest BCUT2D eigenvalue weighted by Gasteiger charge is 2.15. The Morgan fingerprint density at radius 2 is 1.92 bits per heavy atom. The lowest BCUT2D eigenvalue weighted by molar-refractivity contribution is 0.0944. The van der Waals surface area contributed by atoms with Crippen LogP contribution in [0.2, 0.25) is 0 Å². The molecule has 0 saturated carbocycles. The van der Waals surface area contributed by atoms with E-state index < -0.39 is 17.5 Å². The highest BCUT2D eigenvalue weighted by molar-refractivity contribution is 7.14. The zero-order chi connectivity index (χ0) is 18.5. The summed E-state index contributed by atoms with van der Waals surface area (Å²) < 4.78 is 26.1. The number of benzene rings is 1. The number of amides is 2. The Hall–Kier alpha value is -2.39. The van der Waals surface area contributed by atoms with Crippen molar-refractivity contribution in [2.75, 3.05) is 31.5 Å². The van der Waals surface area contributed by atoms with Crippen molar-refractivity contribution >= 4 is 28.3 Å². The maximum Gasteiger partial charge on any atom is 0.270 e. The van der Waals surface area contributed by atoms with E-state index in [9.17, 15) is 18.4 Å². The van der Waals surface area contributed by atoms with E-state index in [2.05, 4.69) is 20.5 Å². The number of aromatic nitrogens is 1. The molecule has 0 unspecified atom stereocenters. The molecule has 0 spiro atoms. The number of hydrogen-bond acceptors (Lipinski definition) is 5. The van der Waals surface area contributed by atoms with Gasteiger partial charge in [0.25, 0.3) is 11.8 Å². The lowest BCUT2D eigenvalue weighted by Gasteiger charge is -2.14. The molecule has 0 radical (unpaired) electrons. The molecule has 3 rings (SSSR count). The Labute approximate surface area is 153 Å². The molecule has 2 heterocycles. The highest BCUT2D eigenvalue weighted by atomic mass is 32.1. The van der Waals surface area contributed by atoms with Crippen LogP contribution in [0.3, 0.4) is 0 Å². The van der Waals surface area contributed by atoms with E-state index in [0.717, 1.165) is 43.1 Å². The topological polar surface area (TPSA) is 74.3 Å². The standard InChI is InChI=1S/C17H18F2N4O2S/c18-12-4-3-11(9-13(12)19)15(24)22-17-21-14(10-26-17)16(25)20-5-8-23-6-1-2-7-23/h3-4,9-10H,1-2,5-8H2,(H,20,25)(H,21,22,24). The second-order valence-electron chi connectivity index (χ2n) is 5.93. The fourth-order valence-corrected chi connectivity index (χ4v) is 3.35. The second kappa shape index (κ2) is 8.33. The molecule has 0 bridgehead atoms. The number of nitrogens with one attached hydrogen (secondary N) is 2. The Kier molecular flexibility index (Phi) is 5.89. The summed E-state index contributed by atoms with van der Waals surface area (Å²) in [5, 5.41) is 7.02. The number of likely N-dealkylation sites (tertiary alicyclic amines) is 1. The van der Waals surface area contributed by atoms with Crippen LogP contribution in [0.4, 0.5) is 13.9 Å². The molecule has 0 aliphatic carbocycles. The predicted molar refractivity (Wildman–Crippen MR) is 94.4 cm³/mol. The van der Waals surface area contributed by atoms with Crippen LogP contribution in [0.25, 0.3) is 0 Å². The summed E-state index contributed by atoms with van der Waals surface area (Å²) in [5.41, 5.74) is 0.174. The Balaban J connectivity index is 1.52. The summed E-state index contributed by atoms with van der Waals surface area (Å²) in [5.74, 6) is -3.06. The molecule has 2 amide bonds. The fourth-order valence-electron chi connectivity index (χ4n) is 2.67. The molecule has 26 heavy (non-hydrogen) atoms. The Morgan fingerprint density at radius 1 is 1.15 bits per heavy atom. The number of halogens is 2. The molecule has 0 atom stereocenters. The van der Waals surface area contributed by atoms with Gasteiger partial charge in [0.05, 0.1) is 0 Å². The number of carbonyl (C=O) groups is 2. The number of anilines is 1. The molecule has 2 N–H and O–H groups in total. The van der Waals surface area contributed by atoms with E-state index in [1.165, 1.54) is 24.3 Å². The largest absolute Gasteiger partial charge is 0.349 e. The zero-order valence-electron chi connectivity index (χ0n) is 13.9. The van der Waals surface area contributed by atoms with Crippen molar-refractivity contribution in [1.29, 1.82) is 0 Å². The van der Waals surface area contributed by atoms with Gasteiger partial charge in [0.1, 0.15) is 5.69 Å². The minimum atomic E-state index is -1.10. The first-order valence-corrected chi connectivity index (χ1v) is 9.13. The van der Waals surface area contributed by atoms with Crippen LogP contribution in [-0.2, 0) is 0 Å². The Morgan fingerprint density at radius 3 is 2.65 bits per heavy atom. The molecular formula is C17H18F2N4O2S. The first-order valence-electron chi connectivity index (χ1n) is 8.25. The van der Waals surface area contributed by atoms with Crippen molar-refractivity contribution in [1.82, 2.24) is 15.2 Å². The van der Waals surface area contributed by atoms with E-state index in [-0.39, 0.29) is 22.3 Å². The predicted octanol–water partition coefficient (Wildman–Crippen LogP) is 2.50. The van der Waals surface area contributed by atoms with Gasteiger partial charge in [-0.1, -0.05) is 0 Å². The van der Waals surface area contributed by atoms with Crippen LogP contribution in [0.15, 0.2) is 23.6 Å². The number of rotatable bonds is 6. The van der Waals surface area contributed by atoms with E-state index in [1.807, 2.05) is 0 Å². The summed E-state index contributed by atoms with van der Waals surface area (Å²) in [6, 6.07) is 2.86. The summed E-state index contributed by atoms with van der Waals surface area (Å²) in [6.45, 7) is 3.46. The number of thiazole rings is 1. The maximum absolute atomic E-state index is 13.2. The molecule has 1 aliphatic rings. The van der Waals surface area contributed by atoms with Crippen molar-refractivity contribution in [3.05, 3.63) is 46.5 Å². The number of hydrogen-bond donors (Lipinski definition) is 2. The van der Waals surface area contributed by atoms with Crippen molar-refractivity contribution < 1.29 is 18.4 Å². The molecule has 6 nitrogen and oxygen atoms in total. The summed E-state index contributed by atoms with van der Waals surface area (Å²) in [4.78, 5) is 30.5. The minimum absolute atomic E-state index is 0.0317. The quantitative estimate of drug-likeness (QED) is 0.808. The molecule has 1 aromatic heterocycles. The highest BCUT2D eigenvalue weighted by Crippen LogP contribution is 2.17. The van der Waals surface area contributed by atoms with Crippen LogP contribution in [0, 0.1) is 11.6 Å². The van der Waals surface area contributed by atoms with Crippen LogP contribution in [0.5, 0.6) is 0 Å². The van der Waals surface area contributed by atoms with Gasteiger partial charge >= 0.3 is 0 Å². The molecular weight excluding hydrogens is 362 g/mol. The third kappa shape index (κ3) is 4.61. The van der Waals surface area contributed by atoms with Crippen LogP contribution >= 0.6 is 11.3 Å². The third-order valence-corrected chi connectivity index (χ3v) is 4.81. The monoisotopic (exact) mass is 380 g/mol. The number of carbonyl (C=O) groups excluding carboxylic acids is 2. The summed E-state index contributed by atoms with van der Waals surface area (Å²) in [6.07, 6.45) is 2.39. The number of nitrogens with zero attached hydrogens (tertiary/aromatic N) is 2. The van der Waals surface area contributed by atoms with Crippen LogP contribution in [-0.4, -0.2) is 47.9 Å². The third-order valence-electron chi connectivity index (χ3n) is 4.05. The minimum Gasteiger partial charge on any atom is -0.349 e. The van der Waals surface area contributed by atoms with E-state index in [1.54, 1.807) is 0 Å². The smallest absolute Gasteiger partial charge is 0.270 e. The fraction of sp³-hybridized carbons (Fsp3) is 0.353. The summed E-state index contributed by atoms with van der Waals surface area (Å²) >= 11 is 1.08. The van der Waals surface area contributed by atoms with Gasteiger partial charge in [-0.2, -0.15) is 0 Å². The van der Waals surface area contributed by atoms with E-state index in [0.29, 0.717) is 6.54 Å². The summed E-state index contributed by atoms with van der Waals surface area (Å²) in [7, 11) is 0. The van der Waals surface area contributed by atoms with E-state index in [4.69, 9.17) is 0 Å². The molecule has 138 valence electrons. The van der Waals surface area contributed by atoms with Crippen molar-refractivity contribution in [3.8, 4) is 0 Å². The molecule has 2 aromatic rings. The molecule has 1 fully saturated rings. The lowest BCUT2D eigenvalue weighted by Crippen LogP contribution is -2.33. The van der Waals surface area contributed by atoms with Crippen molar-refractivity contribution in [2.45, 2.75) is 12.8 Å². The zero-order valence-corrected chi connectivity index (χ0v) is 14.7. The molecule has 1 aromatic carbocycles. The lowest BCUT2D eigenvalue weighted by atomic mass is 10.2. The first kappa shape index (κ1) is 18.4. The normalized spacial score (nSPS) is 14.4. The van der Waals surface area contributed by atoms with Gasteiger partial charge in [0, 0.05) is 24.0 Å². The SMILES string of the molecule is O=C(Nc1nc(C(=O)NCCN2CCCC2)cs1)c1ccc(F)c(F)c1. The molecule has 1 saturated heterocycles. The van der Waals surface area contributed by atoms with E-state index >= 15 is 0 Å². The van der Waals surface area contributed by atoms with Gasteiger partial charge in [-0.15, -0.1) is 11.3 Å². The van der Waals surface area contributed by atoms with Crippen molar-refractivity contribution in [3.63, 3.8) is 0 Å². The van der Waals surface area contributed by atoms with Gasteiger partial charge in [-0.25, -0.2) is 13.8 Å². The van der Waals surface area contributed by atoms with Gasteiger partial charge in [-0.05, 0) is 44.1 Å². The van der Waals surface area contributed by atoms with Crippen LogP contribution in [0.1, 0.15) is 33.7 Å². The first-order chi connectivity index (χ1) is 12.5. The maximum atomic E-state index is 13.2. The van der Waals surface area contributed by atoms with Gasteiger partial charge in [-0.3, -0.25) is 14.9 Å². The van der Waals surface area contributed by atoms with Gasteiger partial charge in [0.15, 0.2) is 16.8 Å². The van der Waals surface area contributed by atoms with Gasteiger partial charge < -0.3 is 10.2 Å². The Bertz CT molecular complexity index is 806. The average Bonchev–Trinajstić information content (AvgIpc) is 3.29. The molecule has 9 heteroatoms. The second-order valence-corrected chi connectivity index (χ2v) is 6.78. The average molecular weight is 380 g/mol.